The second kappa shape index (κ2) is 14.0. The molecule has 0 bridgehead atoms. The molecule has 4 aromatic heterocycles. The first-order chi connectivity index (χ1) is 31.2. The molecule has 0 spiro atoms. The fourth-order valence-electron chi connectivity index (χ4n) is 9.37. The highest BCUT2D eigenvalue weighted by Gasteiger charge is 2.22. The predicted molar refractivity (Wildman–Crippen MR) is 256 cm³/mol. The van der Waals surface area contributed by atoms with Gasteiger partial charge in [0.15, 0.2) is 17.5 Å². The van der Waals surface area contributed by atoms with Crippen LogP contribution < -0.4 is 0 Å². The van der Waals surface area contributed by atoms with Crippen molar-refractivity contribution < 1.29 is 8.83 Å². The summed E-state index contributed by atoms with van der Waals surface area (Å²) in [5.41, 5.74) is 13.6. The second-order valence-electron chi connectivity index (χ2n) is 15.9. The van der Waals surface area contributed by atoms with E-state index in [1.165, 1.54) is 21.9 Å². The van der Waals surface area contributed by atoms with Crippen molar-refractivity contribution >= 4 is 65.7 Å². The van der Waals surface area contributed by atoms with Crippen LogP contribution in [0.25, 0.3) is 128 Å². The van der Waals surface area contributed by atoms with Crippen LogP contribution in [0.2, 0.25) is 0 Å². The van der Waals surface area contributed by atoms with E-state index in [1.807, 2.05) is 78.9 Å². The molecule has 63 heavy (non-hydrogen) atoms. The summed E-state index contributed by atoms with van der Waals surface area (Å²) in [6.45, 7) is 0. The number of nitrogens with zero attached hydrogens (tertiary/aromatic N) is 4. The first-order valence-corrected chi connectivity index (χ1v) is 21.1. The zero-order chi connectivity index (χ0) is 41.4. The molecule has 0 saturated carbocycles. The SMILES string of the molecule is c1ccc(-c2ccc3c(c2)c2ccccc2n3-c2ccc3oc4cccc(-c5cc(-c6nc(-c7ccccc7)nc(-c7ccccc7)n6)c6c(c5)oc5ccccc56)c4c3c2)cc1. The summed E-state index contributed by atoms with van der Waals surface area (Å²) in [6.07, 6.45) is 0. The van der Waals surface area contributed by atoms with Crippen LogP contribution in [0.3, 0.4) is 0 Å². The highest BCUT2D eigenvalue weighted by Crippen LogP contribution is 2.44. The third-order valence-electron chi connectivity index (χ3n) is 12.2. The van der Waals surface area contributed by atoms with Crippen LogP contribution in [0.4, 0.5) is 0 Å². The van der Waals surface area contributed by atoms with Crippen molar-refractivity contribution in [1.29, 1.82) is 0 Å². The van der Waals surface area contributed by atoms with Crippen LogP contribution in [0.5, 0.6) is 0 Å². The zero-order valence-corrected chi connectivity index (χ0v) is 33.7. The normalized spacial score (nSPS) is 11.8. The number of hydrogen-bond acceptors (Lipinski definition) is 5. The standard InChI is InChI=1S/C57H34N4O2/c1-4-15-35(16-5-1)38-27-29-48-44(31-38)42-21-10-12-24-47(42)61(48)40-28-30-50-45(34-40)53-41(23-14-26-51(53)62-50)39-32-46(54-43-22-11-13-25-49(43)63-52(54)33-39)57-59-55(36-17-6-2-7-18-36)58-56(60-57)37-19-8-3-9-20-37/h1-34H. The van der Waals surface area contributed by atoms with Gasteiger partial charge >= 0.3 is 0 Å². The molecule has 4 heterocycles. The van der Waals surface area contributed by atoms with Gasteiger partial charge in [-0.15, -0.1) is 0 Å². The van der Waals surface area contributed by atoms with Gasteiger partial charge in [-0.3, -0.25) is 0 Å². The van der Waals surface area contributed by atoms with Gasteiger partial charge in [-0.05, 0) is 82.9 Å². The van der Waals surface area contributed by atoms with Gasteiger partial charge in [0, 0.05) is 54.7 Å². The molecule has 6 nitrogen and oxygen atoms in total. The molecular weight excluding hydrogens is 773 g/mol. The van der Waals surface area contributed by atoms with E-state index in [2.05, 4.69) is 132 Å². The van der Waals surface area contributed by atoms with Crippen LogP contribution in [0.15, 0.2) is 215 Å². The third-order valence-corrected chi connectivity index (χ3v) is 12.2. The number of benzene rings is 9. The van der Waals surface area contributed by atoms with Gasteiger partial charge in [-0.25, -0.2) is 15.0 Å². The van der Waals surface area contributed by atoms with E-state index in [0.29, 0.717) is 17.5 Å². The van der Waals surface area contributed by atoms with Crippen molar-refractivity contribution in [2.24, 2.45) is 0 Å². The predicted octanol–water partition coefficient (Wildman–Crippen LogP) is 15.1. The first kappa shape index (κ1) is 35.2. The Morgan fingerprint density at radius 1 is 0.302 bits per heavy atom. The molecule has 0 amide bonds. The number of fused-ring (bicyclic) bond motifs is 9. The van der Waals surface area contributed by atoms with Crippen molar-refractivity contribution in [2.45, 2.75) is 0 Å². The fourth-order valence-corrected chi connectivity index (χ4v) is 9.37. The largest absolute Gasteiger partial charge is 0.456 e. The van der Waals surface area contributed by atoms with E-state index in [-0.39, 0.29) is 0 Å². The monoisotopic (exact) mass is 806 g/mol. The van der Waals surface area contributed by atoms with Crippen LogP contribution in [0.1, 0.15) is 0 Å². The molecule has 294 valence electrons. The van der Waals surface area contributed by atoms with Gasteiger partial charge < -0.3 is 13.4 Å². The number of rotatable bonds is 6. The zero-order valence-electron chi connectivity index (χ0n) is 33.7. The summed E-state index contributed by atoms with van der Waals surface area (Å²) in [5.74, 6) is 1.76. The quantitative estimate of drug-likeness (QED) is 0.167. The molecule has 13 rings (SSSR count). The van der Waals surface area contributed by atoms with Crippen LogP contribution in [-0.4, -0.2) is 19.5 Å². The average Bonchev–Trinajstić information content (AvgIpc) is 4.03. The Labute approximate surface area is 361 Å². The molecule has 0 atom stereocenters. The Kier molecular flexibility index (Phi) is 7.80. The molecule has 0 unspecified atom stereocenters. The molecule has 0 radical (unpaired) electrons. The second-order valence-corrected chi connectivity index (χ2v) is 15.9. The first-order valence-electron chi connectivity index (χ1n) is 21.1. The van der Waals surface area contributed by atoms with E-state index < -0.39 is 0 Å². The van der Waals surface area contributed by atoms with Gasteiger partial charge in [0.1, 0.15) is 22.3 Å². The summed E-state index contributed by atoms with van der Waals surface area (Å²) >= 11 is 0. The van der Waals surface area contributed by atoms with Crippen molar-refractivity contribution in [3.63, 3.8) is 0 Å². The summed E-state index contributed by atoms with van der Waals surface area (Å²) < 4.78 is 15.7. The van der Waals surface area contributed by atoms with E-state index in [1.54, 1.807) is 0 Å². The van der Waals surface area contributed by atoms with Crippen molar-refractivity contribution in [3.05, 3.63) is 206 Å². The van der Waals surface area contributed by atoms with Gasteiger partial charge in [0.25, 0.3) is 0 Å². The van der Waals surface area contributed by atoms with E-state index in [9.17, 15) is 0 Å². The molecule has 0 aliphatic heterocycles. The number of hydrogen-bond donors (Lipinski definition) is 0. The molecule has 0 aliphatic rings. The Balaban J connectivity index is 1.04. The minimum atomic E-state index is 0.564. The molecular formula is C57H34N4O2. The van der Waals surface area contributed by atoms with E-state index >= 15 is 0 Å². The van der Waals surface area contributed by atoms with Gasteiger partial charge in [-0.1, -0.05) is 146 Å². The lowest BCUT2D eigenvalue weighted by Crippen LogP contribution is -2.00. The lowest BCUT2D eigenvalue weighted by Gasteiger charge is -2.12. The molecule has 9 aromatic carbocycles. The highest BCUT2D eigenvalue weighted by atomic mass is 16.3. The molecule has 0 fully saturated rings. The minimum Gasteiger partial charge on any atom is -0.456 e. The van der Waals surface area contributed by atoms with Crippen molar-refractivity contribution in [1.82, 2.24) is 19.5 Å². The van der Waals surface area contributed by atoms with Gasteiger partial charge in [-0.2, -0.15) is 0 Å². The van der Waals surface area contributed by atoms with Crippen molar-refractivity contribution in [2.75, 3.05) is 0 Å². The minimum absolute atomic E-state index is 0.564. The maximum atomic E-state index is 6.68. The number of aromatic nitrogens is 4. The maximum absolute atomic E-state index is 6.68. The lowest BCUT2D eigenvalue weighted by atomic mass is 9.95. The third kappa shape index (κ3) is 5.69. The summed E-state index contributed by atoms with van der Waals surface area (Å²) in [7, 11) is 0. The summed E-state index contributed by atoms with van der Waals surface area (Å²) in [5, 5.41) is 6.41. The Morgan fingerprint density at radius 2 is 0.889 bits per heavy atom. The molecule has 6 heteroatoms. The number of para-hydroxylation sites is 2. The molecule has 0 saturated heterocycles. The Hall–Kier alpha value is -8.61. The Morgan fingerprint density at radius 3 is 1.65 bits per heavy atom. The van der Waals surface area contributed by atoms with E-state index in [4.69, 9.17) is 23.8 Å². The van der Waals surface area contributed by atoms with Crippen LogP contribution >= 0.6 is 0 Å². The molecule has 13 aromatic rings. The lowest BCUT2D eigenvalue weighted by molar-refractivity contribution is 0.668. The van der Waals surface area contributed by atoms with Gasteiger partial charge in [0.05, 0.1) is 11.0 Å². The Bertz CT molecular complexity index is 3850. The molecule has 0 aliphatic carbocycles. The smallest absolute Gasteiger partial charge is 0.164 e. The maximum Gasteiger partial charge on any atom is 0.164 e. The topological polar surface area (TPSA) is 69.9 Å². The highest BCUT2D eigenvalue weighted by molar-refractivity contribution is 6.17. The summed E-state index contributed by atoms with van der Waals surface area (Å²) in [4.78, 5) is 15.4. The summed E-state index contributed by atoms with van der Waals surface area (Å²) in [6, 6.07) is 71.5. The fraction of sp³-hybridized carbons (Fsp3) is 0. The number of furan rings is 2. The van der Waals surface area contributed by atoms with E-state index in [0.717, 1.165) is 88.4 Å². The van der Waals surface area contributed by atoms with Crippen LogP contribution in [-0.2, 0) is 0 Å². The van der Waals surface area contributed by atoms with Crippen molar-refractivity contribution in [3.8, 4) is 62.1 Å². The van der Waals surface area contributed by atoms with Crippen LogP contribution in [0, 0.1) is 0 Å². The average molecular weight is 807 g/mol. The molecule has 0 N–H and O–H groups in total. The van der Waals surface area contributed by atoms with Gasteiger partial charge in [0.2, 0.25) is 0 Å².